The van der Waals surface area contributed by atoms with Crippen LogP contribution in [0.5, 0.6) is 0 Å². The molecule has 0 bridgehead atoms. The Balaban J connectivity index is 1.17. The van der Waals surface area contributed by atoms with Crippen molar-refractivity contribution in [3.8, 4) is 0 Å². The standard InChI is InChI=1S/C19H22N6O/c20-17-4-2-13(10-24-17)3-5-18(26)21-9-6-14-15-11-25(12-16(14)15)19-22-7-1-8-23-19/h1-5,7-8,10,14-16H,6,9,11-12H2,(H2,20,24)(H,21,26)/b5-3+. The van der Waals surface area contributed by atoms with Crippen LogP contribution in [0.1, 0.15) is 12.0 Å². The highest BCUT2D eigenvalue weighted by Gasteiger charge is 2.55. The molecular formula is C19H22N6O. The number of nitrogens with zero attached hydrogens (tertiary/aromatic N) is 4. The predicted molar refractivity (Wildman–Crippen MR) is 100 cm³/mol. The third-order valence-corrected chi connectivity index (χ3v) is 5.22. The number of piperidine rings is 1. The molecule has 1 aliphatic heterocycles. The third-order valence-electron chi connectivity index (χ3n) is 5.22. The summed E-state index contributed by atoms with van der Waals surface area (Å²) in [6, 6.07) is 5.39. The molecule has 0 spiro atoms. The van der Waals surface area contributed by atoms with E-state index in [9.17, 15) is 4.79 Å². The van der Waals surface area contributed by atoms with Crippen molar-refractivity contribution in [2.45, 2.75) is 6.42 Å². The normalized spacial score (nSPS) is 23.8. The second-order valence-corrected chi connectivity index (χ2v) is 6.87. The summed E-state index contributed by atoms with van der Waals surface area (Å²) in [5.74, 6) is 3.36. The molecule has 2 aromatic rings. The largest absolute Gasteiger partial charge is 0.384 e. The molecule has 1 amide bonds. The molecule has 0 aromatic carbocycles. The maximum atomic E-state index is 11.9. The molecule has 2 aliphatic rings. The Morgan fingerprint density at radius 1 is 1.23 bits per heavy atom. The molecule has 2 atom stereocenters. The minimum atomic E-state index is -0.0769. The number of anilines is 2. The van der Waals surface area contributed by atoms with Gasteiger partial charge in [-0.15, -0.1) is 0 Å². The predicted octanol–water partition coefficient (Wildman–Crippen LogP) is 1.36. The third kappa shape index (κ3) is 3.66. The van der Waals surface area contributed by atoms with Crippen molar-refractivity contribution >= 4 is 23.7 Å². The number of pyridine rings is 1. The minimum Gasteiger partial charge on any atom is -0.384 e. The summed E-state index contributed by atoms with van der Waals surface area (Å²) >= 11 is 0. The zero-order valence-electron chi connectivity index (χ0n) is 14.5. The lowest BCUT2D eigenvalue weighted by molar-refractivity contribution is -0.116. The molecule has 0 radical (unpaired) electrons. The number of hydrogen-bond acceptors (Lipinski definition) is 6. The Morgan fingerprint density at radius 3 is 2.69 bits per heavy atom. The van der Waals surface area contributed by atoms with E-state index in [2.05, 4.69) is 25.2 Å². The number of rotatable bonds is 6. The van der Waals surface area contributed by atoms with Crippen LogP contribution in [0.25, 0.3) is 6.08 Å². The van der Waals surface area contributed by atoms with Gasteiger partial charge in [-0.05, 0) is 54.0 Å². The summed E-state index contributed by atoms with van der Waals surface area (Å²) < 4.78 is 0. The van der Waals surface area contributed by atoms with Gasteiger partial charge in [-0.1, -0.05) is 0 Å². The van der Waals surface area contributed by atoms with E-state index in [0.29, 0.717) is 30.1 Å². The van der Waals surface area contributed by atoms with Crippen LogP contribution in [0.2, 0.25) is 0 Å². The van der Waals surface area contributed by atoms with Crippen molar-refractivity contribution in [1.82, 2.24) is 20.3 Å². The summed E-state index contributed by atoms with van der Waals surface area (Å²) in [5, 5.41) is 2.96. The van der Waals surface area contributed by atoms with E-state index >= 15 is 0 Å². The lowest BCUT2D eigenvalue weighted by atomic mass is 10.2. The highest BCUT2D eigenvalue weighted by atomic mass is 16.1. The van der Waals surface area contributed by atoms with Gasteiger partial charge in [0.15, 0.2) is 0 Å². The second-order valence-electron chi connectivity index (χ2n) is 6.87. The van der Waals surface area contributed by atoms with Crippen LogP contribution in [-0.2, 0) is 4.79 Å². The second kappa shape index (κ2) is 7.11. The van der Waals surface area contributed by atoms with Gasteiger partial charge in [0.1, 0.15) is 5.82 Å². The summed E-state index contributed by atoms with van der Waals surface area (Å²) in [5.41, 5.74) is 6.39. The van der Waals surface area contributed by atoms with Gasteiger partial charge in [0, 0.05) is 44.3 Å². The number of hydrogen-bond donors (Lipinski definition) is 2. The Kier molecular flexibility index (Phi) is 4.51. The molecule has 3 heterocycles. The van der Waals surface area contributed by atoms with Crippen LogP contribution >= 0.6 is 0 Å². The van der Waals surface area contributed by atoms with Crippen LogP contribution < -0.4 is 16.0 Å². The van der Waals surface area contributed by atoms with Crippen molar-refractivity contribution in [3.63, 3.8) is 0 Å². The topological polar surface area (TPSA) is 97.0 Å². The number of carbonyl (C=O) groups is 1. The zero-order valence-corrected chi connectivity index (χ0v) is 14.5. The van der Waals surface area contributed by atoms with E-state index in [-0.39, 0.29) is 5.91 Å². The van der Waals surface area contributed by atoms with Gasteiger partial charge in [0.05, 0.1) is 0 Å². The highest BCUT2D eigenvalue weighted by molar-refractivity contribution is 5.91. The van der Waals surface area contributed by atoms with Gasteiger partial charge in [-0.2, -0.15) is 0 Å². The van der Waals surface area contributed by atoms with E-state index in [1.54, 1.807) is 30.7 Å². The molecule has 7 heteroatoms. The number of nitrogens with one attached hydrogen (secondary N) is 1. The average molecular weight is 350 g/mol. The summed E-state index contributed by atoms with van der Waals surface area (Å²) in [6.07, 6.45) is 9.52. The Labute approximate surface area is 152 Å². The molecular weight excluding hydrogens is 328 g/mol. The maximum absolute atomic E-state index is 11.9. The molecule has 7 nitrogen and oxygen atoms in total. The fourth-order valence-corrected chi connectivity index (χ4v) is 3.80. The molecule has 26 heavy (non-hydrogen) atoms. The SMILES string of the molecule is Nc1ccc(/C=C/C(=O)NCCC2C3CN(c4ncccn4)CC23)cn1. The number of amides is 1. The molecule has 4 rings (SSSR count). The van der Waals surface area contributed by atoms with Crippen LogP contribution in [0.4, 0.5) is 11.8 Å². The van der Waals surface area contributed by atoms with Crippen molar-refractivity contribution in [3.05, 3.63) is 48.4 Å². The molecule has 3 N–H and O–H groups in total. The van der Waals surface area contributed by atoms with E-state index in [0.717, 1.165) is 31.0 Å². The first kappa shape index (κ1) is 16.5. The lowest BCUT2D eigenvalue weighted by Gasteiger charge is -2.19. The summed E-state index contributed by atoms with van der Waals surface area (Å²) in [7, 11) is 0. The quantitative estimate of drug-likeness (QED) is 0.764. The monoisotopic (exact) mass is 350 g/mol. The molecule has 134 valence electrons. The van der Waals surface area contributed by atoms with Crippen molar-refractivity contribution in [1.29, 1.82) is 0 Å². The lowest BCUT2D eigenvalue weighted by Crippen LogP contribution is -2.27. The van der Waals surface area contributed by atoms with E-state index in [1.165, 1.54) is 6.08 Å². The Morgan fingerprint density at radius 2 is 2.00 bits per heavy atom. The number of nitrogens with two attached hydrogens (primary N) is 1. The fourth-order valence-electron chi connectivity index (χ4n) is 3.80. The number of fused-ring (bicyclic) bond motifs is 1. The first-order valence-electron chi connectivity index (χ1n) is 8.90. The Hall–Kier alpha value is -2.96. The highest BCUT2D eigenvalue weighted by Crippen LogP contribution is 2.53. The van der Waals surface area contributed by atoms with Crippen molar-refractivity contribution in [2.75, 3.05) is 30.3 Å². The molecule has 1 aliphatic carbocycles. The van der Waals surface area contributed by atoms with Gasteiger partial charge in [-0.25, -0.2) is 15.0 Å². The van der Waals surface area contributed by atoms with E-state index in [4.69, 9.17) is 5.73 Å². The average Bonchev–Trinajstić information content (AvgIpc) is 3.11. The van der Waals surface area contributed by atoms with Crippen LogP contribution in [0, 0.1) is 17.8 Å². The first-order valence-corrected chi connectivity index (χ1v) is 8.90. The first-order chi connectivity index (χ1) is 12.7. The molecule has 2 fully saturated rings. The van der Waals surface area contributed by atoms with E-state index in [1.807, 2.05) is 12.1 Å². The van der Waals surface area contributed by atoms with Gasteiger partial charge < -0.3 is 16.0 Å². The number of carbonyl (C=O) groups excluding carboxylic acids is 1. The van der Waals surface area contributed by atoms with Crippen LogP contribution in [0.3, 0.4) is 0 Å². The van der Waals surface area contributed by atoms with Crippen LogP contribution in [0.15, 0.2) is 42.9 Å². The van der Waals surface area contributed by atoms with Crippen molar-refractivity contribution in [2.24, 2.45) is 17.8 Å². The number of aromatic nitrogens is 3. The van der Waals surface area contributed by atoms with Crippen LogP contribution in [-0.4, -0.2) is 40.5 Å². The zero-order chi connectivity index (χ0) is 17.9. The fraction of sp³-hybridized carbons (Fsp3) is 0.368. The molecule has 1 saturated carbocycles. The minimum absolute atomic E-state index is 0.0769. The number of nitrogen functional groups attached to an aromatic ring is 1. The summed E-state index contributed by atoms with van der Waals surface area (Å²) in [4.78, 5) is 26.8. The molecule has 2 unspecified atom stereocenters. The van der Waals surface area contributed by atoms with Gasteiger partial charge in [0.2, 0.25) is 11.9 Å². The maximum Gasteiger partial charge on any atom is 0.244 e. The summed E-state index contributed by atoms with van der Waals surface area (Å²) in [6.45, 7) is 2.76. The molecule has 2 aromatic heterocycles. The van der Waals surface area contributed by atoms with Gasteiger partial charge in [0.25, 0.3) is 0 Å². The van der Waals surface area contributed by atoms with Gasteiger partial charge in [-0.3, -0.25) is 4.79 Å². The molecule has 1 saturated heterocycles. The smallest absolute Gasteiger partial charge is 0.244 e. The van der Waals surface area contributed by atoms with E-state index < -0.39 is 0 Å². The van der Waals surface area contributed by atoms with Gasteiger partial charge >= 0.3 is 0 Å². The van der Waals surface area contributed by atoms with Crippen molar-refractivity contribution < 1.29 is 4.79 Å². The Bertz CT molecular complexity index is 779.